The molecule has 0 unspecified atom stereocenters. The largest absolute Gasteiger partial charge is 0.340 e. The molecule has 3 N–H and O–H groups in total. The van der Waals surface area contributed by atoms with E-state index < -0.39 is 5.82 Å². The van der Waals surface area contributed by atoms with E-state index in [0.717, 1.165) is 16.8 Å². The van der Waals surface area contributed by atoms with Gasteiger partial charge in [0.2, 0.25) is 0 Å². The van der Waals surface area contributed by atoms with E-state index in [4.69, 9.17) is 16.7 Å². The van der Waals surface area contributed by atoms with E-state index in [9.17, 15) is 9.18 Å². The van der Waals surface area contributed by atoms with Crippen molar-refractivity contribution < 1.29 is 9.18 Å². The van der Waals surface area contributed by atoms with Gasteiger partial charge in [0, 0.05) is 23.0 Å². The standard InChI is InChI=1S/C16H13ClFN3OS/c1-21-14-8-12(17)13(18)6-9(14)7-15(21)16(22)20-10-2-4-11(23-19)5-3-10/h2-8H,19H2,1H3,(H,20,22). The van der Waals surface area contributed by atoms with E-state index in [1.54, 1.807) is 29.8 Å². The van der Waals surface area contributed by atoms with Crippen LogP contribution in [0.1, 0.15) is 10.5 Å². The predicted molar refractivity (Wildman–Crippen MR) is 92.3 cm³/mol. The smallest absolute Gasteiger partial charge is 0.272 e. The summed E-state index contributed by atoms with van der Waals surface area (Å²) < 4.78 is 15.2. The molecular formula is C16H13ClFN3OS. The lowest BCUT2D eigenvalue weighted by Crippen LogP contribution is -2.15. The summed E-state index contributed by atoms with van der Waals surface area (Å²) in [5.41, 5.74) is 1.76. The number of nitrogens with two attached hydrogens (primary N) is 1. The van der Waals surface area contributed by atoms with Crippen molar-refractivity contribution in [3.63, 3.8) is 0 Å². The Kier molecular flexibility index (Phi) is 4.30. The Hall–Kier alpha value is -2.02. The third-order valence-corrected chi connectivity index (χ3v) is 4.40. The fraction of sp³-hybridized carbons (Fsp3) is 0.0625. The minimum atomic E-state index is -0.508. The zero-order valence-corrected chi connectivity index (χ0v) is 13.7. The van der Waals surface area contributed by atoms with E-state index in [1.807, 2.05) is 12.1 Å². The summed E-state index contributed by atoms with van der Waals surface area (Å²) in [7, 11) is 1.74. The number of anilines is 1. The summed E-state index contributed by atoms with van der Waals surface area (Å²) in [6.07, 6.45) is 0. The quantitative estimate of drug-likeness (QED) is 0.697. The van der Waals surface area contributed by atoms with Gasteiger partial charge in [0.25, 0.3) is 5.91 Å². The number of nitrogens with one attached hydrogen (secondary N) is 1. The van der Waals surface area contributed by atoms with Crippen molar-refractivity contribution in [1.82, 2.24) is 4.57 Å². The molecule has 3 aromatic rings. The maximum absolute atomic E-state index is 13.6. The molecule has 0 atom stereocenters. The number of aromatic nitrogens is 1. The van der Waals surface area contributed by atoms with E-state index in [1.165, 1.54) is 12.1 Å². The average Bonchev–Trinajstić information content (AvgIpc) is 2.85. The van der Waals surface area contributed by atoms with Crippen LogP contribution in [0, 0.1) is 5.82 Å². The summed E-state index contributed by atoms with van der Waals surface area (Å²) in [4.78, 5) is 13.3. The highest BCUT2D eigenvalue weighted by molar-refractivity contribution is 7.97. The van der Waals surface area contributed by atoms with Crippen LogP contribution in [0.4, 0.5) is 10.1 Å². The Morgan fingerprint density at radius 1 is 1.26 bits per heavy atom. The average molecular weight is 350 g/mol. The maximum Gasteiger partial charge on any atom is 0.272 e. The van der Waals surface area contributed by atoms with Crippen LogP contribution in [0.2, 0.25) is 5.02 Å². The first-order valence-electron chi connectivity index (χ1n) is 6.72. The lowest BCUT2D eigenvalue weighted by atomic mass is 10.2. The SMILES string of the molecule is Cn1c(C(=O)Nc2ccc(SN)cc2)cc2cc(F)c(Cl)cc21. The molecule has 0 radical (unpaired) electrons. The zero-order chi connectivity index (χ0) is 16.6. The highest BCUT2D eigenvalue weighted by Crippen LogP contribution is 2.26. The number of aryl methyl sites for hydroxylation is 1. The Bertz CT molecular complexity index is 892. The Morgan fingerprint density at radius 2 is 1.96 bits per heavy atom. The topological polar surface area (TPSA) is 60.0 Å². The molecule has 0 aliphatic rings. The van der Waals surface area contributed by atoms with Gasteiger partial charge in [-0.15, -0.1) is 0 Å². The minimum absolute atomic E-state index is 0.0283. The summed E-state index contributed by atoms with van der Waals surface area (Å²) in [5, 5.41) is 8.92. The molecule has 0 spiro atoms. The van der Waals surface area contributed by atoms with Crippen molar-refractivity contribution >= 4 is 46.0 Å². The first-order chi connectivity index (χ1) is 11.0. The van der Waals surface area contributed by atoms with Crippen LogP contribution >= 0.6 is 23.5 Å². The molecule has 0 saturated heterocycles. The van der Waals surface area contributed by atoms with Crippen LogP contribution in [-0.2, 0) is 7.05 Å². The van der Waals surface area contributed by atoms with E-state index in [-0.39, 0.29) is 10.9 Å². The lowest BCUT2D eigenvalue weighted by Gasteiger charge is -2.07. The van der Waals surface area contributed by atoms with Gasteiger partial charge in [-0.1, -0.05) is 11.6 Å². The molecule has 1 heterocycles. The molecule has 1 amide bonds. The van der Waals surface area contributed by atoms with Crippen molar-refractivity contribution in [3.8, 4) is 0 Å². The zero-order valence-electron chi connectivity index (χ0n) is 12.1. The number of amides is 1. The Labute approximate surface area is 141 Å². The molecule has 2 aromatic carbocycles. The molecular weight excluding hydrogens is 337 g/mol. The molecule has 1 aromatic heterocycles. The molecule has 23 heavy (non-hydrogen) atoms. The molecule has 0 aliphatic carbocycles. The van der Waals surface area contributed by atoms with E-state index in [2.05, 4.69) is 5.32 Å². The fourth-order valence-corrected chi connectivity index (χ4v) is 2.81. The lowest BCUT2D eigenvalue weighted by molar-refractivity contribution is 0.102. The van der Waals surface area contributed by atoms with Crippen molar-refractivity contribution in [3.05, 3.63) is 59.0 Å². The van der Waals surface area contributed by atoms with E-state index >= 15 is 0 Å². The number of halogens is 2. The number of fused-ring (bicyclic) bond motifs is 1. The number of rotatable bonds is 3. The molecule has 3 rings (SSSR count). The summed E-state index contributed by atoms with van der Waals surface area (Å²) in [6, 6.07) is 11.6. The highest BCUT2D eigenvalue weighted by Gasteiger charge is 2.15. The van der Waals surface area contributed by atoms with Crippen LogP contribution in [0.3, 0.4) is 0 Å². The molecule has 118 valence electrons. The van der Waals surface area contributed by atoms with Gasteiger partial charge in [-0.3, -0.25) is 9.93 Å². The summed E-state index contributed by atoms with van der Waals surface area (Å²) in [6.45, 7) is 0. The molecule has 7 heteroatoms. The van der Waals surface area contributed by atoms with Gasteiger partial charge in [-0.25, -0.2) is 4.39 Å². The minimum Gasteiger partial charge on any atom is -0.340 e. The van der Waals surface area contributed by atoms with Crippen molar-refractivity contribution in [2.45, 2.75) is 4.90 Å². The molecule has 4 nitrogen and oxygen atoms in total. The monoisotopic (exact) mass is 349 g/mol. The predicted octanol–water partition coefficient (Wildman–Crippen LogP) is 4.19. The van der Waals surface area contributed by atoms with E-state index in [0.29, 0.717) is 22.3 Å². The second kappa shape index (κ2) is 6.23. The number of hydrogen-bond donors (Lipinski definition) is 2. The van der Waals surface area contributed by atoms with Crippen LogP contribution in [0.5, 0.6) is 0 Å². The molecule has 0 bridgehead atoms. The van der Waals surface area contributed by atoms with Gasteiger partial charge in [-0.05, 0) is 54.4 Å². The maximum atomic E-state index is 13.6. The second-order valence-electron chi connectivity index (χ2n) is 5.01. The normalized spacial score (nSPS) is 11.0. The van der Waals surface area contributed by atoms with Crippen LogP contribution in [0.25, 0.3) is 10.9 Å². The summed E-state index contributed by atoms with van der Waals surface area (Å²) in [5.74, 6) is -0.792. The molecule has 0 aliphatic heterocycles. The number of nitrogens with zero attached hydrogens (tertiary/aromatic N) is 1. The number of carbonyl (C=O) groups excluding carboxylic acids is 1. The number of carbonyl (C=O) groups is 1. The second-order valence-corrected chi connectivity index (χ2v) is 6.12. The van der Waals surface area contributed by atoms with Gasteiger partial charge in [0.15, 0.2) is 0 Å². The van der Waals surface area contributed by atoms with Crippen molar-refractivity contribution in [1.29, 1.82) is 0 Å². The van der Waals surface area contributed by atoms with Crippen LogP contribution in [0.15, 0.2) is 47.4 Å². The van der Waals surface area contributed by atoms with Crippen LogP contribution < -0.4 is 10.5 Å². The van der Waals surface area contributed by atoms with Gasteiger partial charge < -0.3 is 9.88 Å². The number of benzene rings is 2. The number of hydrogen-bond acceptors (Lipinski definition) is 3. The highest BCUT2D eigenvalue weighted by atomic mass is 35.5. The van der Waals surface area contributed by atoms with Crippen molar-refractivity contribution in [2.24, 2.45) is 12.2 Å². The van der Waals surface area contributed by atoms with Gasteiger partial charge in [0.1, 0.15) is 11.5 Å². The first kappa shape index (κ1) is 15.9. The van der Waals surface area contributed by atoms with Gasteiger partial charge in [0.05, 0.1) is 10.5 Å². The Morgan fingerprint density at radius 3 is 2.61 bits per heavy atom. The van der Waals surface area contributed by atoms with Crippen molar-refractivity contribution in [2.75, 3.05) is 5.32 Å². The van der Waals surface area contributed by atoms with Gasteiger partial charge in [-0.2, -0.15) is 0 Å². The third-order valence-electron chi connectivity index (χ3n) is 3.57. The molecule has 0 fully saturated rings. The van der Waals surface area contributed by atoms with Crippen LogP contribution in [-0.4, -0.2) is 10.5 Å². The van der Waals surface area contributed by atoms with Gasteiger partial charge >= 0.3 is 0 Å². The third kappa shape index (κ3) is 3.06. The molecule has 0 saturated carbocycles. The fourth-order valence-electron chi connectivity index (χ4n) is 2.36. The Balaban J connectivity index is 1.92. The first-order valence-corrected chi connectivity index (χ1v) is 7.98. The summed E-state index contributed by atoms with van der Waals surface area (Å²) >= 11 is 6.94.